The van der Waals surface area contributed by atoms with Crippen LogP contribution in [0.1, 0.15) is 24.4 Å². The summed E-state index contributed by atoms with van der Waals surface area (Å²) in [5.74, 6) is 4.04. The summed E-state index contributed by atoms with van der Waals surface area (Å²) in [6.45, 7) is 2.60. The summed E-state index contributed by atoms with van der Waals surface area (Å²) in [5, 5.41) is 14.9. The molecule has 1 atom stereocenters. The lowest BCUT2D eigenvalue weighted by Gasteiger charge is -2.36. The number of thioether (sulfide) groups is 1. The van der Waals surface area contributed by atoms with E-state index in [-0.39, 0.29) is 6.10 Å². The molecular weight excluding hydrogens is 444 g/mol. The number of hydrogen-bond acceptors (Lipinski definition) is 7. The van der Waals surface area contributed by atoms with Crippen LogP contribution in [0.4, 0.5) is 11.6 Å². The lowest BCUT2D eigenvalue weighted by Crippen LogP contribution is -2.37. The van der Waals surface area contributed by atoms with Gasteiger partial charge in [-0.25, -0.2) is 14.5 Å². The predicted molar refractivity (Wildman–Crippen MR) is 138 cm³/mol. The fraction of sp³-hybridized carbons (Fsp3) is 0.346. The Hall–Kier alpha value is -3.10. The highest BCUT2D eigenvalue weighted by Crippen LogP contribution is 2.33. The van der Waals surface area contributed by atoms with Gasteiger partial charge in [-0.1, -0.05) is 36.4 Å². The number of aromatic nitrogens is 4. The molecule has 0 amide bonds. The fourth-order valence-corrected chi connectivity index (χ4v) is 5.95. The molecule has 34 heavy (non-hydrogen) atoms. The van der Waals surface area contributed by atoms with Crippen molar-refractivity contribution in [3.63, 3.8) is 0 Å². The first kappa shape index (κ1) is 21.4. The van der Waals surface area contributed by atoms with Gasteiger partial charge in [0.15, 0.2) is 5.65 Å². The second-order valence-electron chi connectivity index (χ2n) is 8.90. The Kier molecular flexibility index (Phi) is 5.84. The molecule has 1 unspecified atom stereocenters. The first-order valence-electron chi connectivity index (χ1n) is 11.9. The quantitative estimate of drug-likeness (QED) is 0.481. The summed E-state index contributed by atoms with van der Waals surface area (Å²) in [5.41, 5.74) is 3.88. The van der Waals surface area contributed by atoms with Gasteiger partial charge in [-0.05, 0) is 42.7 Å². The standard InChI is InChI=1S/C26H28N6OS/c33-20-11-13-30(14-12-20)25-8-4-7-21(28-25)22-17-27-24-9-10-26(29-32(22)24)31-15-16-34-18-23(31)19-5-2-1-3-6-19/h1-10,17,20,23,33H,11-16,18H2. The van der Waals surface area contributed by atoms with E-state index in [1.807, 2.05) is 46.7 Å². The van der Waals surface area contributed by atoms with Crippen molar-refractivity contribution in [1.29, 1.82) is 0 Å². The molecule has 7 nitrogen and oxygen atoms in total. The molecule has 1 N–H and O–H groups in total. The maximum Gasteiger partial charge on any atom is 0.154 e. The Labute approximate surface area is 203 Å². The van der Waals surface area contributed by atoms with Crippen LogP contribution in [0.3, 0.4) is 0 Å². The molecule has 0 radical (unpaired) electrons. The Bertz CT molecular complexity index is 1270. The fourth-order valence-electron chi connectivity index (χ4n) is 4.86. The van der Waals surface area contributed by atoms with Gasteiger partial charge < -0.3 is 14.9 Å². The van der Waals surface area contributed by atoms with Gasteiger partial charge in [-0.2, -0.15) is 11.8 Å². The maximum atomic E-state index is 9.85. The topological polar surface area (TPSA) is 69.8 Å². The predicted octanol–water partition coefficient (Wildman–Crippen LogP) is 4.05. The second kappa shape index (κ2) is 9.27. The zero-order valence-electron chi connectivity index (χ0n) is 19.0. The number of aliphatic hydroxyl groups is 1. The normalized spacial score (nSPS) is 19.6. The van der Waals surface area contributed by atoms with Crippen LogP contribution in [0.25, 0.3) is 17.0 Å². The second-order valence-corrected chi connectivity index (χ2v) is 10.0. The molecule has 0 saturated carbocycles. The lowest BCUT2D eigenvalue weighted by atomic mass is 10.1. The third kappa shape index (κ3) is 4.12. The number of pyridine rings is 1. The minimum atomic E-state index is -0.200. The number of benzene rings is 1. The van der Waals surface area contributed by atoms with Gasteiger partial charge in [0.2, 0.25) is 0 Å². The zero-order chi connectivity index (χ0) is 22.9. The lowest BCUT2D eigenvalue weighted by molar-refractivity contribution is 0.145. The van der Waals surface area contributed by atoms with E-state index >= 15 is 0 Å². The van der Waals surface area contributed by atoms with Crippen LogP contribution >= 0.6 is 11.8 Å². The van der Waals surface area contributed by atoms with Gasteiger partial charge in [0.1, 0.15) is 17.3 Å². The van der Waals surface area contributed by atoms with Crippen molar-refractivity contribution in [2.75, 3.05) is 40.9 Å². The number of aliphatic hydroxyl groups excluding tert-OH is 1. The van der Waals surface area contributed by atoms with Crippen molar-refractivity contribution in [1.82, 2.24) is 19.6 Å². The average molecular weight is 473 g/mol. The van der Waals surface area contributed by atoms with E-state index in [0.717, 1.165) is 72.7 Å². The van der Waals surface area contributed by atoms with Crippen LogP contribution in [0.5, 0.6) is 0 Å². The van der Waals surface area contributed by atoms with Crippen LogP contribution in [-0.2, 0) is 0 Å². The number of fused-ring (bicyclic) bond motifs is 1. The van der Waals surface area contributed by atoms with E-state index < -0.39 is 0 Å². The molecule has 174 valence electrons. The third-order valence-corrected chi connectivity index (χ3v) is 7.76. The van der Waals surface area contributed by atoms with E-state index in [1.54, 1.807) is 0 Å². The molecular formula is C26H28N6OS. The first-order valence-corrected chi connectivity index (χ1v) is 13.1. The van der Waals surface area contributed by atoms with Gasteiger partial charge in [-0.3, -0.25) is 0 Å². The van der Waals surface area contributed by atoms with Crippen molar-refractivity contribution < 1.29 is 5.11 Å². The Morgan fingerprint density at radius 1 is 0.882 bits per heavy atom. The Morgan fingerprint density at radius 2 is 1.74 bits per heavy atom. The van der Waals surface area contributed by atoms with E-state index in [4.69, 9.17) is 10.1 Å². The minimum absolute atomic E-state index is 0.200. The van der Waals surface area contributed by atoms with Gasteiger partial charge in [0.25, 0.3) is 0 Å². The number of hydrogen-bond donors (Lipinski definition) is 1. The van der Waals surface area contributed by atoms with Crippen LogP contribution in [-0.4, -0.2) is 61.9 Å². The molecule has 8 heteroatoms. The highest BCUT2D eigenvalue weighted by atomic mass is 32.2. The monoisotopic (exact) mass is 472 g/mol. The van der Waals surface area contributed by atoms with Crippen LogP contribution in [0.15, 0.2) is 66.9 Å². The molecule has 3 aromatic heterocycles. The van der Waals surface area contributed by atoms with Crippen LogP contribution in [0.2, 0.25) is 0 Å². The molecule has 0 aliphatic carbocycles. The maximum absolute atomic E-state index is 9.85. The van der Waals surface area contributed by atoms with Crippen molar-refractivity contribution in [3.05, 3.63) is 72.4 Å². The molecule has 2 saturated heterocycles. The number of rotatable bonds is 4. The summed E-state index contributed by atoms with van der Waals surface area (Å²) < 4.78 is 1.92. The van der Waals surface area contributed by atoms with Crippen molar-refractivity contribution in [3.8, 4) is 11.4 Å². The smallest absolute Gasteiger partial charge is 0.154 e. The highest BCUT2D eigenvalue weighted by Gasteiger charge is 2.26. The Morgan fingerprint density at radius 3 is 2.59 bits per heavy atom. The minimum Gasteiger partial charge on any atom is -0.393 e. The molecule has 4 aromatic rings. The summed E-state index contributed by atoms with van der Waals surface area (Å²) in [6, 6.07) is 21.2. The van der Waals surface area contributed by atoms with E-state index in [1.165, 1.54) is 5.56 Å². The third-order valence-electron chi connectivity index (χ3n) is 6.74. The average Bonchev–Trinajstić information content (AvgIpc) is 3.33. The molecule has 0 bridgehead atoms. The van der Waals surface area contributed by atoms with Crippen molar-refractivity contribution in [2.45, 2.75) is 25.0 Å². The van der Waals surface area contributed by atoms with Crippen molar-refractivity contribution >= 4 is 29.0 Å². The van der Waals surface area contributed by atoms with E-state index in [0.29, 0.717) is 6.04 Å². The SMILES string of the molecule is OC1CCN(c2cccc(-c3cnc4ccc(N5CCSCC5c5ccccc5)nn34)n2)CC1. The molecule has 2 fully saturated rings. The largest absolute Gasteiger partial charge is 0.393 e. The summed E-state index contributed by atoms with van der Waals surface area (Å²) in [4.78, 5) is 14.2. The van der Waals surface area contributed by atoms with E-state index in [2.05, 4.69) is 51.2 Å². The van der Waals surface area contributed by atoms with Crippen LogP contribution < -0.4 is 9.80 Å². The summed E-state index contributed by atoms with van der Waals surface area (Å²) in [7, 11) is 0. The van der Waals surface area contributed by atoms with Gasteiger partial charge in [0, 0.05) is 31.1 Å². The first-order chi connectivity index (χ1) is 16.8. The zero-order valence-corrected chi connectivity index (χ0v) is 19.8. The molecule has 2 aliphatic rings. The Balaban J connectivity index is 1.34. The van der Waals surface area contributed by atoms with Gasteiger partial charge in [0.05, 0.1) is 24.0 Å². The number of nitrogens with zero attached hydrogens (tertiary/aromatic N) is 6. The van der Waals surface area contributed by atoms with E-state index in [9.17, 15) is 5.11 Å². The summed E-state index contributed by atoms with van der Waals surface area (Å²) in [6.07, 6.45) is 3.22. The van der Waals surface area contributed by atoms with Gasteiger partial charge in [-0.15, -0.1) is 5.10 Å². The van der Waals surface area contributed by atoms with Crippen molar-refractivity contribution in [2.24, 2.45) is 0 Å². The number of anilines is 2. The van der Waals surface area contributed by atoms with Crippen LogP contribution in [0, 0.1) is 0 Å². The summed E-state index contributed by atoms with van der Waals surface area (Å²) >= 11 is 2.00. The molecule has 1 aromatic carbocycles. The number of piperidine rings is 1. The molecule has 0 spiro atoms. The molecule has 2 aliphatic heterocycles. The van der Waals surface area contributed by atoms with Gasteiger partial charge >= 0.3 is 0 Å². The highest BCUT2D eigenvalue weighted by molar-refractivity contribution is 7.99. The molecule has 6 rings (SSSR count). The molecule has 5 heterocycles. The number of imidazole rings is 1.